The summed E-state index contributed by atoms with van der Waals surface area (Å²) in [5.74, 6) is 15.1. The fraction of sp³-hybridized carbons (Fsp3) is 0.143. The second kappa shape index (κ2) is 10.4. The van der Waals surface area contributed by atoms with Gasteiger partial charge in [-0.15, -0.1) is 0 Å². The zero-order chi connectivity index (χ0) is 21.3. The van der Waals surface area contributed by atoms with Crippen LogP contribution < -0.4 is 0 Å². The molecule has 0 N–H and O–H groups in total. The Bertz CT molecular complexity index is 1220. The SMILES string of the molecule is CC#CC#CC#Cc1ccc(-c2ccc(-c3ccc(CCC)cc3)cc2)c(Cl)c1F. The zero-order valence-electron chi connectivity index (χ0n) is 16.9. The van der Waals surface area contributed by atoms with E-state index in [2.05, 4.69) is 66.7 Å². The van der Waals surface area contributed by atoms with Gasteiger partial charge in [-0.3, -0.25) is 0 Å². The van der Waals surface area contributed by atoms with Gasteiger partial charge in [0, 0.05) is 5.56 Å². The number of benzene rings is 3. The van der Waals surface area contributed by atoms with Gasteiger partial charge in [-0.25, -0.2) is 4.39 Å². The summed E-state index contributed by atoms with van der Waals surface area (Å²) >= 11 is 6.30. The number of hydrogen-bond donors (Lipinski definition) is 0. The Morgan fingerprint density at radius 3 is 2.00 bits per heavy atom. The maximum absolute atomic E-state index is 14.7. The Balaban J connectivity index is 1.85. The molecule has 3 aromatic carbocycles. The average molecular weight is 411 g/mol. The average Bonchev–Trinajstić information content (AvgIpc) is 2.77. The van der Waals surface area contributed by atoms with Crippen molar-refractivity contribution < 1.29 is 4.39 Å². The highest BCUT2D eigenvalue weighted by Gasteiger charge is 2.12. The standard InChI is InChI=1S/C28H20ClF/c1-3-5-6-7-8-10-25-19-20-26(27(29)28(25)30)24-17-15-23(16-18-24)22-13-11-21(9-4-2)12-14-22/h11-20H,4,9H2,1-2H3. The number of rotatable bonds is 4. The molecule has 0 fully saturated rings. The molecule has 146 valence electrons. The third kappa shape index (κ3) is 5.13. The minimum Gasteiger partial charge on any atom is -0.204 e. The van der Waals surface area contributed by atoms with Crippen molar-refractivity contribution in [2.24, 2.45) is 0 Å². The summed E-state index contributed by atoms with van der Waals surface area (Å²) in [6.45, 7) is 3.87. The van der Waals surface area contributed by atoms with Crippen molar-refractivity contribution in [2.75, 3.05) is 0 Å². The number of hydrogen-bond acceptors (Lipinski definition) is 0. The molecule has 0 amide bonds. The van der Waals surface area contributed by atoms with E-state index in [0.29, 0.717) is 5.56 Å². The second-order valence-corrected chi connectivity index (χ2v) is 7.07. The van der Waals surface area contributed by atoms with Gasteiger partial charge in [0.05, 0.1) is 10.6 Å². The van der Waals surface area contributed by atoms with E-state index in [0.717, 1.165) is 29.5 Å². The van der Waals surface area contributed by atoms with Gasteiger partial charge in [-0.05, 0) is 71.3 Å². The third-order valence-corrected chi connectivity index (χ3v) is 4.98. The van der Waals surface area contributed by atoms with Crippen LogP contribution in [0.2, 0.25) is 5.02 Å². The van der Waals surface area contributed by atoms with E-state index in [9.17, 15) is 4.39 Å². The summed E-state index contributed by atoms with van der Waals surface area (Å²) in [7, 11) is 0. The van der Waals surface area contributed by atoms with Crippen LogP contribution in [0.3, 0.4) is 0 Å². The van der Waals surface area contributed by atoms with E-state index in [1.54, 1.807) is 19.1 Å². The predicted octanol–water partition coefficient (Wildman–Crippen LogP) is 7.14. The third-order valence-electron chi connectivity index (χ3n) is 4.61. The quantitative estimate of drug-likeness (QED) is 0.401. The molecule has 0 nitrogen and oxygen atoms in total. The topological polar surface area (TPSA) is 0 Å². The molecule has 3 rings (SSSR count). The molecule has 0 saturated carbocycles. The first-order chi connectivity index (χ1) is 14.6. The maximum atomic E-state index is 14.7. The largest absolute Gasteiger partial charge is 0.204 e. The van der Waals surface area contributed by atoms with Gasteiger partial charge in [0.25, 0.3) is 0 Å². The summed E-state index contributed by atoms with van der Waals surface area (Å²) in [6, 6.07) is 20.0. The van der Waals surface area contributed by atoms with E-state index in [4.69, 9.17) is 11.6 Å². The van der Waals surface area contributed by atoms with Crippen LogP contribution in [0.1, 0.15) is 31.4 Å². The van der Waals surface area contributed by atoms with Gasteiger partial charge in [0.1, 0.15) is 0 Å². The van der Waals surface area contributed by atoms with E-state index in [-0.39, 0.29) is 10.6 Å². The van der Waals surface area contributed by atoms with E-state index in [1.807, 2.05) is 24.3 Å². The van der Waals surface area contributed by atoms with Crippen LogP contribution in [0.5, 0.6) is 0 Å². The molecule has 3 aromatic rings. The molecule has 0 heterocycles. The van der Waals surface area contributed by atoms with Crippen LogP contribution in [0, 0.1) is 41.3 Å². The molecule has 0 spiro atoms. The predicted molar refractivity (Wildman–Crippen MR) is 124 cm³/mol. The molecule has 0 saturated heterocycles. The summed E-state index contributed by atoms with van der Waals surface area (Å²) in [5.41, 5.74) is 5.29. The van der Waals surface area contributed by atoms with E-state index in [1.165, 1.54) is 5.56 Å². The monoisotopic (exact) mass is 410 g/mol. The van der Waals surface area contributed by atoms with Gasteiger partial charge in [-0.2, -0.15) is 0 Å². The highest BCUT2D eigenvalue weighted by atomic mass is 35.5. The van der Waals surface area contributed by atoms with Crippen molar-refractivity contribution in [1.82, 2.24) is 0 Å². The van der Waals surface area contributed by atoms with Gasteiger partial charge in [0.15, 0.2) is 5.82 Å². The first kappa shape index (κ1) is 21.3. The Kier molecular flexibility index (Phi) is 7.35. The molecule has 30 heavy (non-hydrogen) atoms. The minimum atomic E-state index is -0.541. The van der Waals surface area contributed by atoms with Crippen molar-refractivity contribution in [3.63, 3.8) is 0 Å². The number of aryl methyl sites for hydroxylation is 1. The minimum absolute atomic E-state index is 0.0553. The highest BCUT2D eigenvalue weighted by Crippen LogP contribution is 2.33. The lowest BCUT2D eigenvalue weighted by molar-refractivity contribution is 0.625. The van der Waals surface area contributed by atoms with Gasteiger partial charge in [-0.1, -0.05) is 85.5 Å². The Morgan fingerprint density at radius 2 is 1.37 bits per heavy atom. The Labute approximate surface area is 183 Å². The first-order valence-corrected chi connectivity index (χ1v) is 10.1. The smallest absolute Gasteiger partial charge is 0.158 e. The summed E-state index contributed by atoms with van der Waals surface area (Å²) in [5, 5.41) is 0.0553. The molecular formula is C28H20ClF. The fourth-order valence-corrected chi connectivity index (χ4v) is 3.36. The maximum Gasteiger partial charge on any atom is 0.158 e. The molecule has 0 aromatic heterocycles. The lowest BCUT2D eigenvalue weighted by Crippen LogP contribution is -1.90. The molecule has 0 radical (unpaired) electrons. The molecule has 0 atom stereocenters. The summed E-state index contributed by atoms with van der Waals surface area (Å²) in [6.07, 6.45) is 2.22. The van der Waals surface area contributed by atoms with Crippen LogP contribution in [0.15, 0.2) is 60.7 Å². The molecule has 0 bridgehead atoms. The van der Waals surface area contributed by atoms with Crippen molar-refractivity contribution >= 4 is 11.6 Å². The van der Waals surface area contributed by atoms with E-state index < -0.39 is 5.82 Å². The van der Waals surface area contributed by atoms with Gasteiger partial charge in [0.2, 0.25) is 0 Å². The molecule has 2 heteroatoms. The molecule has 0 aliphatic carbocycles. The van der Waals surface area contributed by atoms with Gasteiger partial charge < -0.3 is 0 Å². The van der Waals surface area contributed by atoms with Crippen molar-refractivity contribution in [1.29, 1.82) is 0 Å². The summed E-state index contributed by atoms with van der Waals surface area (Å²) < 4.78 is 14.7. The summed E-state index contributed by atoms with van der Waals surface area (Å²) in [4.78, 5) is 0. The van der Waals surface area contributed by atoms with Crippen LogP contribution in [-0.4, -0.2) is 0 Å². The van der Waals surface area contributed by atoms with Crippen LogP contribution >= 0.6 is 11.6 Å². The lowest BCUT2D eigenvalue weighted by atomic mass is 9.98. The van der Waals surface area contributed by atoms with Crippen molar-refractivity contribution in [3.05, 3.63) is 82.6 Å². The first-order valence-electron chi connectivity index (χ1n) is 9.74. The second-order valence-electron chi connectivity index (χ2n) is 6.69. The van der Waals surface area contributed by atoms with Crippen molar-refractivity contribution in [3.8, 4) is 57.8 Å². The zero-order valence-corrected chi connectivity index (χ0v) is 17.7. The van der Waals surface area contributed by atoms with Crippen molar-refractivity contribution in [2.45, 2.75) is 26.7 Å². The highest BCUT2D eigenvalue weighted by molar-refractivity contribution is 6.33. The van der Waals surface area contributed by atoms with Gasteiger partial charge >= 0.3 is 0 Å². The molecular weight excluding hydrogens is 391 g/mol. The normalized spacial score (nSPS) is 9.47. The molecule has 0 unspecified atom stereocenters. The van der Waals surface area contributed by atoms with Crippen LogP contribution in [0.25, 0.3) is 22.3 Å². The Morgan fingerprint density at radius 1 is 0.767 bits per heavy atom. The van der Waals surface area contributed by atoms with Crippen LogP contribution in [0.4, 0.5) is 4.39 Å². The Hall–Kier alpha value is -3.44. The lowest BCUT2D eigenvalue weighted by Gasteiger charge is -2.09. The number of halogens is 2. The molecule has 0 aliphatic heterocycles. The van der Waals surface area contributed by atoms with Crippen LogP contribution in [-0.2, 0) is 6.42 Å². The molecule has 0 aliphatic rings. The van der Waals surface area contributed by atoms with E-state index >= 15 is 0 Å². The fourth-order valence-electron chi connectivity index (χ4n) is 3.09.